The standard InChI is InChI=1S/C21H27NO4/c1-6-7-17-10-16(12-20(25-4)21(17)26-5)14-22-13-15-8-9-18(23-2)19(11-15)24-3/h6,8-12,22H,1,7,13-14H2,2-5H3. The number of ether oxygens (including phenoxy) is 4. The van der Waals surface area contributed by atoms with Gasteiger partial charge in [0, 0.05) is 18.7 Å². The van der Waals surface area contributed by atoms with E-state index < -0.39 is 0 Å². The molecule has 0 aliphatic carbocycles. The van der Waals surface area contributed by atoms with Crippen LogP contribution in [0.5, 0.6) is 23.0 Å². The van der Waals surface area contributed by atoms with Crippen molar-refractivity contribution in [3.8, 4) is 23.0 Å². The molecule has 0 atom stereocenters. The molecule has 2 aromatic carbocycles. The fourth-order valence-electron chi connectivity index (χ4n) is 2.86. The van der Waals surface area contributed by atoms with E-state index in [0.29, 0.717) is 13.1 Å². The van der Waals surface area contributed by atoms with E-state index in [4.69, 9.17) is 18.9 Å². The van der Waals surface area contributed by atoms with Gasteiger partial charge in [0.1, 0.15) is 0 Å². The summed E-state index contributed by atoms with van der Waals surface area (Å²) in [5.74, 6) is 2.95. The third kappa shape index (κ3) is 4.70. The molecular weight excluding hydrogens is 330 g/mol. The topological polar surface area (TPSA) is 49.0 Å². The van der Waals surface area contributed by atoms with Crippen LogP contribution in [0.1, 0.15) is 16.7 Å². The van der Waals surface area contributed by atoms with E-state index in [0.717, 1.165) is 46.1 Å². The number of methoxy groups -OCH3 is 4. The Balaban J connectivity index is 2.09. The zero-order valence-electron chi connectivity index (χ0n) is 15.9. The summed E-state index contributed by atoms with van der Waals surface area (Å²) in [4.78, 5) is 0. The number of hydrogen-bond acceptors (Lipinski definition) is 5. The maximum atomic E-state index is 5.48. The van der Waals surface area contributed by atoms with Crippen LogP contribution in [0.15, 0.2) is 43.0 Å². The summed E-state index contributed by atoms with van der Waals surface area (Å²) >= 11 is 0. The van der Waals surface area contributed by atoms with E-state index in [-0.39, 0.29) is 0 Å². The zero-order chi connectivity index (χ0) is 18.9. The summed E-state index contributed by atoms with van der Waals surface area (Å²) in [6.07, 6.45) is 2.58. The second kappa shape index (κ2) is 9.73. The third-order valence-electron chi connectivity index (χ3n) is 4.09. The van der Waals surface area contributed by atoms with Gasteiger partial charge in [-0.15, -0.1) is 6.58 Å². The van der Waals surface area contributed by atoms with Crippen molar-refractivity contribution < 1.29 is 18.9 Å². The molecule has 1 N–H and O–H groups in total. The highest BCUT2D eigenvalue weighted by atomic mass is 16.5. The highest BCUT2D eigenvalue weighted by molar-refractivity contribution is 5.50. The number of hydrogen-bond donors (Lipinski definition) is 1. The largest absolute Gasteiger partial charge is 0.493 e. The summed E-state index contributed by atoms with van der Waals surface area (Å²) in [6, 6.07) is 10.0. The van der Waals surface area contributed by atoms with Gasteiger partial charge in [-0.05, 0) is 35.7 Å². The minimum Gasteiger partial charge on any atom is -0.493 e. The van der Waals surface area contributed by atoms with Gasteiger partial charge in [-0.3, -0.25) is 0 Å². The number of benzene rings is 2. The Hall–Kier alpha value is -2.66. The van der Waals surface area contributed by atoms with Gasteiger partial charge in [-0.2, -0.15) is 0 Å². The van der Waals surface area contributed by atoms with E-state index in [2.05, 4.69) is 18.0 Å². The Labute approximate surface area is 155 Å². The minimum absolute atomic E-state index is 0.707. The molecule has 2 aromatic rings. The maximum absolute atomic E-state index is 5.48. The number of nitrogens with one attached hydrogen (secondary N) is 1. The molecule has 0 bridgehead atoms. The highest BCUT2D eigenvalue weighted by Gasteiger charge is 2.11. The second-order valence-electron chi connectivity index (χ2n) is 5.78. The summed E-state index contributed by atoms with van der Waals surface area (Å²) < 4.78 is 21.6. The highest BCUT2D eigenvalue weighted by Crippen LogP contribution is 2.33. The number of rotatable bonds is 10. The van der Waals surface area contributed by atoms with Gasteiger partial charge < -0.3 is 24.3 Å². The Bertz CT molecular complexity index is 743. The molecule has 2 rings (SSSR count). The normalized spacial score (nSPS) is 10.3. The van der Waals surface area contributed by atoms with E-state index in [9.17, 15) is 0 Å². The van der Waals surface area contributed by atoms with Crippen molar-refractivity contribution in [2.45, 2.75) is 19.5 Å². The van der Waals surface area contributed by atoms with Crippen LogP contribution < -0.4 is 24.3 Å². The van der Waals surface area contributed by atoms with E-state index in [1.54, 1.807) is 28.4 Å². The molecule has 0 spiro atoms. The molecule has 0 fully saturated rings. The molecule has 0 amide bonds. The molecular formula is C21H27NO4. The lowest BCUT2D eigenvalue weighted by Crippen LogP contribution is -2.13. The molecule has 5 nitrogen and oxygen atoms in total. The van der Waals surface area contributed by atoms with Crippen LogP contribution in [0.25, 0.3) is 0 Å². The zero-order valence-corrected chi connectivity index (χ0v) is 15.9. The van der Waals surface area contributed by atoms with Gasteiger partial charge in [-0.1, -0.05) is 18.2 Å². The molecule has 0 saturated carbocycles. The maximum Gasteiger partial charge on any atom is 0.164 e. The smallest absolute Gasteiger partial charge is 0.164 e. The first-order valence-electron chi connectivity index (χ1n) is 8.43. The van der Waals surface area contributed by atoms with Crippen LogP contribution in [0, 0.1) is 0 Å². The van der Waals surface area contributed by atoms with Gasteiger partial charge in [0.2, 0.25) is 0 Å². The first-order chi connectivity index (χ1) is 12.7. The lowest BCUT2D eigenvalue weighted by Gasteiger charge is -2.15. The number of allylic oxidation sites excluding steroid dienone is 1. The lowest BCUT2D eigenvalue weighted by molar-refractivity contribution is 0.351. The lowest BCUT2D eigenvalue weighted by atomic mass is 10.1. The van der Waals surface area contributed by atoms with Crippen molar-refractivity contribution in [1.29, 1.82) is 0 Å². The van der Waals surface area contributed by atoms with Gasteiger partial charge in [0.25, 0.3) is 0 Å². The van der Waals surface area contributed by atoms with Crippen LogP contribution in [0.3, 0.4) is 0 Å². The van der Waals surface area contributed by atoms with Gasteiger partial charge in [0.15, 0.2) is 23.0 Å². The van der Waals surface area contributed by atoms with Crippen molar-refractivity contribution in [2.24, 2.45) is 0 Å². The minimum atomic E-state index is 0.707. The average molecular weight is 357 g/mol. The first kappa shape index (κ1) is 19.7. The third-order valence-corrected chi connectivity index (χ3v) is 4.09. The molecule has 0 unspecified atom stereocenters. The molecule has 0 radical (unpaired) electrons. The summed E-state index contributed by atoms with van der Waals surface area (Å²) in [5.41, 5.74) is 3.30. The Morgan fingerprint density at radius 3 is 2.08 bits per heavy atom. The van der Waals surface area contributed by atoms with Crippen molar-refractivity contribution in [2.75, 3.05) is 28.4 Å². The molecule has 140 valence electrons. The fourth-order valence-corrected chi connectivity index (χ4v) is 2.86. The Morgan fingerprint density at radius 2 is 1.46 bits per heavy atom. The molecule has 0 aliphatic heterocycles. The monoisotopic (exact) mass is 357 g/mol. The van der Waals surface area contributed by atoms with Crippen LogP contribution in [0.2, 0.25) is 0 Å². The SMILES string of the molecule is C=CCc1cc(CNCc2ccc(OC)c(OC)c2)cc(OC)c1OC. The van der Waals surface area contributed by atoms with E-state index in [1.807, 2.05) is 30.3 Å². The van der Waals surface area contributed by atoms with Crippen molar-refractivity contribution in [1.82, 2.24) is 5.32 Å². The van der Waals surface area contributed by atoms with Crippen molar-refractivity contribution in [3.05, 3.63) is 59.7 Å². The Morgan fingerprint density at radius 1 is 0.808 bits per heavy atom. The van der Waals surface area contributed by atoms with E-state index >= 15 is 0 Å². The van der Waals surface area contributed by atoms with Crippen molar-refractivity contribution >= 4 is 0 Å². The Kier molecular flexibility index (Phi) is 7.36. The molecule has 0 heterocycles. The molecule has 26 heavy (non-hydrogen) atoms. The van der Waals surface area contributed by atoms with Crippen LogP contribution in [-0.4, -0.2) is 28.4 Å². The van der Waals surface area contributed by atoms with Crippen molar-refractivity contribution in [3.63, 3.8) is 0 Å². The summed E-state index contributed by atoms with van der Waals surface area (Å²) in [6.45, 7) is 5.24. The predicted molar refractivity (Wildman–Crippen MR) is 104 cm³/mol. The molecule has 0 aliphatic rings. The summed E-state index contributed by atoms with van der Waals surface area (Å²) in [5, 5.41) is 3.45. The summed E-state index contributed by atoms with van der Waals surface area (Å²) in [7, 11) is 6.57. The molecule has 0 saturated heterocycles. The van der Waals surface area contributed by atoms with Crippen LogP contribution in [0.4, 0.5) is 0 Å². The predicted octanol–water partition coefficient (Wildman–Crippen LogP) is 3.74. The van der Waals surface area contributed by atoms with Gasteiger partial charge >= 0.3 is 0 Å². The first-order valence-corrected chi connectivity index (χ1v) is 8.43. The van der Waals surface area contributed by atoms with Crippen LogP contribution >= 0.6 is 0 Å². The molecule has 5 heteroatoms. The van der Waals surface area contributed by atoms with Gasteiger partial charge in [-0.25, -0.2) is 0 Å². The van der Waals surface area contributed by atoms with E-state index in [1.165, 1.54) is 0 Å². The second-order valence-corrected chi connectivity index (χ2v) is 5.78. The van der Waals surface area contributed by atoms with Gasteiger partial charge in [0.05, 0.1) is 28.4 Å². The fraction of sp³-hybridized carbons (Fsp3) is 0.333. The average Bonchev–Trinajstić information content (AvgIpc) is 2.67. The molecule has 0 aromatic heterocycles. The quantitative estimate of drug-likeness (QED) is 0.657. The van der Waals surface area contributed by atoms with Crippen LogP contribution in [-0.2, 0) is 19.5 Å².